The number of aryl methyl sites for hydroxylation is 2. The van der Waals surface area contributed by atoms with Gasteiger partial charge in [0.15, 0.2) is 0 Å². The minimum absolute atomic E-state index is 0.127. The van der Waals surface area contributed by atoms with Crippen molar-refractivity contribution in [2.75, 3.05) is 0 Å². The van der Waals surface area contributed by atoms with E-state index in [0.29, 0.717) is 5.15 Å². The van der Waals surface area contributed by atoms with E-state index >= 15 is 0 Å². The van der Waals surface area contributed by atoms with Crippen LogP contribution < -0.4 is 5.32 Å². The molecule has 16 heavy (non-hydrogen) atoms. The molecule has 1 heterocycles. The van der Waals surface area contributed by atoms with Crippen LogP contribution in [0.2, 0.25) is 5.15 Å². The number of aromatic nitrogens is 2. The van der Waals surface area contributed by atoms with Crippen LogP contribution in [0.15, 0.2) is 6.08 Å². The molecule has 0 aliphatic rings. The number of hydrogen-bond donors (Lipinski definition) is 1. The van der Waals surface area contributed by atoms with E-state index in [1.807, 2.05) is 20.8 Å². The quantitative estimate of drug-likeness (QED) is 0.822. The van der Waals surface area contributed by atoms with Crippen molar-refractivity contribution in [3.8, 4) is 0 Å². The van der Waals surface area contributed by atoms with Crippen molar-refractivity contribution in [3.63, 3.8) is 0 Å². The first-order chi connectivity index (χ1) is 7.41. The maximum Gasteiger partial charge on any atom is 0.244 e. The van der Waals surface area contributed by atoms with Crippen molar-refractivity contribution in [2.45, 2.75) is 26.8 Å². The molecule has 0 aliphatic carbocycles. The van der Waals surface area contributed by atoms with Crippen molar-refractivity contribution in [3.05, 3.63) is 22.5 Å². The summed E-state index contributed by atoms with van der Waals surface area (Å²) in [6.07, 6.45) is 3.15. The number of hydrogen-bond acceptors (Lipinski definition) is 2. The molecule has 0 aromatic carbocycles. The van der Waals surface area contributed by atoms with Gasteiger partial charge in [0.05, 0.1) is 5.69 Å². The van der Waals surface area contributed by atoms with Gasteiger partial charge in [-0.3, -0.25) is 9.48 Å². The van der Waals surface area contributed by atoms with E-state index in [-0.39, 0.29) is 11.9 Å². The lowest BCUT2D eigenvalue weighted by Crippen LogP contribution is -2.28. The largest absolute Gasteiger partial charge is 0.350 e. The molecule has 0 saturated heterocycles. The van der Waals surface area contributed by atoms with Gasteiger partial charge in [-0.1, -0.05) is 11.6 Å². The van der Waals surface area contributed by atoms with Crippen LogP contribution in [0.25, 0.3) is 6.08 Å². The third kappa shape index (κ3) is 3.10. The van der Waals surface area contributed by atoms with Crippen molar-refractivity contribution in [1.82, 2.24) is 15.1 Å². The monoisotopic (exact) mass is 241 g/mol. The minimum Gasteiger partial charge on any atom is -0.350 e. The number of rotatable bonds is 3. The van der Waals surface area contributed by atoms with E-state index in [4.69, 9.17) is 11.6 Å². The Morgan fingerprint density at radius 2 is 2.19 bits per heavy atom. The molecule has 4 nitrogen and oxygen atoms in total. The average Bonchev–Trinajstić information content (AvgIpc) is 2.38. The predicted molar refractivity (Wildman–Crippen MR) is 65.3 cm³/mol. The molecule has 1 amide bonds. The average molecular weight is 242 g/mol. The highest BCUT2D eigenvalue weighted by Crippen LogP contribution is 2.19. The summed E-state index contributed by atoms with van der Waals surface area (Å²) in [5.74, 6) is -0.130. The molecule has 88 valence electrons. The maximum atomic E-state index is 11.4. The highest BCUT2D eigenvalue weighted by Gasteiger charge is 2.08. The minimum atomic E-state index is -0.130. The lowest BCUT2D eigenvalue weighted by atomic mass is 10.2. The van der Waals surface area contributed by atoms with Crippen molar-refractivity contribution in [1.29, 1.82) is 0 Å². The zero-order chi connectivity index (χ0) is 12.3. The lowest BCUT2D eigenvalue weighted by molar-refractivity contribution is -0.116. The predicted octanol–water partition coefficient (Wildman–Crippen LogP) is 1.92. The number of nitrogens with one attached hydrogen (secondary N) is 1. The summed E-state index contributed by atoms with van der Waals surface area (Å²) in [6.45, 7) is 5.67. The second kappa shape index (κ2) is 5.16. The van der Waals surface area contributed by atoms with E-state index < -0.39 is 0 Å². The second-order valence-corrected chi connectivity index (χ2v) is 4.27. The van der Waals surface area contributed by atoms with E-state index in [1.54, 1.807) is 17.8 Å². The Morgan fingerprint density at radius 3 is 2.62 bits per heavy atom. The first-order valence-corrected chi connectivity index (χ1v) is 5.47. The van der Waals surface area contributed by atoms with Gasteiger partial charge < -0.3 is 5.32 Å². The van der Waals surface area contributed by atoms with Crippen LogP contribution in [0.3, 0.4) is 0 Å². The van der Waals surface area contributed by atoms with E-state index in [1.165, 1.54) is 6.08 Å². The Balaban J connectivity index is 2.80. The smallest absolute Gasteiger partial charge is 0.244 e. The normalized spacial score (nSPS) is 11.4. The van der Waals surface area contributed by atoms with E-state index in [0.717, 1.165) is 11.3 Å². The van der Waals surface area contributed by atoms with Gasteiger partial charge >= 0.3 is 0 Å². The highest BCUT2D eigenvalue weighted by molar-refractivity contribution is 6.31. The van der Waals surface area contributed by atoms with Crippen LogP contribution in [0.1, 0.15) is 25.1 Å². The molecular weight excluding hydrogens is 226 g/mol. The summed E-state index contributed by atoms with van der Waals surface area (Å²) in [6, 6.07) is 0.127. The molecule has 1 N–H and O–H groups in total. The van der Waals surface area contributed by atoms with E-state index in [9.17, 15) is 4.79 Å². The topological polar surface area (TPSA) is 46.9 Å². The molecule has 0 unspecified atom stereocenters. The molecule has 0 bridgehead atoms. The van der Waals surface area contributed by atoms with Crippen LogP contribution >= 0.6 is 11.6 Å². The molecule has 0 aliphatic heterocycles. The summed E-state index contributed by atoms with van der Waals surface area (Å²) in [5, 5.41) is 7.45. The molecule has 0 radical (unpaired) electrons. The van der Waals surface area contributed by atoms with Gasteiger partial charge in [0.1, 0.15) is 5.15 Å². The number of halogens is 1. The zero-order valence-electron chi connectivity index (χ0n) is 9.91. The summed E-state index contributed by atoms with van der Waals surface area (Å²) in [5.41, 5.74) is 1.59. The fraction of sp³-hybridized carbons (Fsp3) is 0.455. The molecule has 5 heteroatoms. The number of amides is 1. The van der Waals surface area contributed by atoms with Gasteiger partial charge in [-0.05, 0) is 26.8 Å². The van der Waals surface area contributed by atoms with Crippen LogP contribution in [-0.2, 0) is 11.8 Å². The third-order valence-electron chi connectivity index (χ3n) is 2.03. The second-order valence-electron chi connectivity index (χ2n) is 3.91. The Labute approximate surface area is 100 Å². The van der Waals surface area contributed by atoms with Crippen molar-refractivity contribution in [2.24, 2.45) is 7.05 Å². The summed E-state index contributed by atoms with van der Waals surface area (Å²) in [7, 11) is 1.76. The fourth-order valence-corrected chi connectivity index (χ4v) is 1.56. The number of nitrogens with zero attached hydrogens (tertiary/aromatic N) is 2. The Bertz CT molecular complexity index is 421. The molecule has 1 rings (SSSR count). The first kappa shape index (κ1) is 12.8. The summed E-state index contributed by atoms with van der Waals surface area (Å²) in [4.78, 5) is 11.4. The molecule has 0 atom stereocenters. The molecule has 1 aromatic rings. The lowest BCUT2D eigenvalue weighted by Gasteiger charge is -2.03. The molecule has 0 saturated carbocycles. The number of carbonyl (C=O) groups is 1. The SMILES string of the molecule is Cc1nn(C)c(Cl)c1/C=C/C(=O)NC(C)C. The van der Waals surface area contributed by atoms with Gasteiger partial charge in [-0.15, -0.1) is 0 Å². The van der Waals surface area contributed by atoms with Crippen LogP contribution in [-0.4, -0.2) is 21.7 Å². The molecule has 0 spiro atoms. The van der Waals surface area contributed by atoms with Gasteiger partial charge in [-0.2, -0.15) is 5.10 Å². The van der Waals surface area contributed by atoms with Crippen LogP contribution in [0, 0.1) is 6.92 Å². The standard InChI is InChI=1S/C11H16ClN3O/c1-7(2)13-10(16)6-5-9-8(3)14-15(4)11(9)12/h5-7H,1-4H3,(H,13,16)/b6-5+. The van der Waals surface area contributed by atoms with Gasteiger partial charge in [0.2, 0.25) is 5.91 Å². The van der Waals surface area contributed by atoms with E-state index in [2.05, 4.69) is 10.4 Å². The first-order valence-electron chi connectivity index (χ1n) is 5.09. The zero-order valence-corrected chi connectivity index (χ0v) is 10.7. The maximum absolute atomic E-state index is 11.4. The van der Waals surface area contributed by atoms with Crippen LogP contribution in [0.4, 0.5) is 0 Å². The van der Waals surface area contributed by atoms with Gasteiger partial charge in [0, 0.05) is 24.7 Å². The number of carbonyl (C=O) groups excluding carboxylic acids is 1. The Kier molecular flexibility index (Phi) is 4.12. The summed E-state index contributed by atoms with van der Waals surface area (Å²) < 4.78 is 1.58. The highest BCUT2D eigenvalue weighted by atomic mass is 35.5. The van der Waals surface area contributed by atoms with Crippen LogP contribution in [0.5, 0.6) is 0 Å². The molecule has 1 aromatic heterocycles. The third-order valence-corrected chi connectivity index (χ3v) is 2.48. The molecule has 0 fully saturated rings. The van der Waals surface area contributed by atoms with Gasteiger partial charge in [-0.25, -0.2) is 0 Å². The Hall–Kier alpha value is -1.29. The van der Waals surface area contributed by atoms with Crippen molar-refractivity contribution >= 4 is 23.6 Å². The van der Waals surface area contributed by atoms with Crippen molar-refractivity contribution < 1.29 is 4.79 Å². The Morgan fingerprint density at radius 1 is 1.56 bits per heavy atom. The fourth-order valence-electron chi connectivity index (χ4n) is 1.33. The summed E-state index contributed by atoms with van der Waals surface area (Å²) >= 11 is 6.02. The molecular formula is C11H16ClN3O. The van der Waals surface area contributed by atoms with Gasteiger partial charge in [0.25, 0.3) is 0 Å².